The normalized spacial score (nSPS) is 12.5. The highest BCUT2D eigenvalue weighted by molar-refractivity contribution is 7.19. The third-order valence-electron chi connectivity index (χ3n) is 3.24. The second kappa shape index (κ2) is 6.29. The molecular formula is C14H16F4N2S. The Hall–Kier alpha value is -1.18. The van der Waals surface area contributed by atoms with E-state index in [2.05, 4.69) is 0 Å². The number of thiophene rings is 1. The first-order valence-electron chi connectivity index (χ1n) is 6.46. The first-order valence-corrected chi connectivity index (χ1v) is 7.27. The van der Waals surface area contributed by atoms with Gasteiger partial charge in [-0.05, 0) is 24.7 Å². The van der Waals surface area contributed by atoms with E-state index in [0.29, 0.717) is 10.9 Å². The summed E-state index contributed by atoms with van der Waals surface area (Å²) in [6.45, 7) is 0.379. The van der Waals surface area contributed by atoms with Crippen LogP contribution in [0.25, 0.3) is 10.1 Å². The minimum absolute atomic E-state index is 0.126. The Morgan fingerprint density at radius 1 is 1.29 bits per heavy atom. The summed E-state index contributed by atoms with van der Waals surface area (Å²) in [5.41, 5.74) is 6.37. The van der Waals surface area contributed by atoms with Crippen LogP contribution in [-0.2, 0) is 13.1 Å². The van der Waals surface area contributed by atoms with Crippen molar-refractivity contribution in [1.82, 2.24) is 4.90 Å². The molecule has 0 aliphatic heterocycles. The molecule has 2 nitrogen and oxygen atoms in total. The summed E-state index contributed by atoms with van der Waals surface area (Å²) in [6.07, 6.45) is -5.07. The van der Waals surface area contributed by atoms with Gasteiger partial charge >= 0.3 is 6.18 Å². The molecule has 2 rings (SSSR count). The molecule has 1 heterocycles. The van der Waals surface area contributed by atoms with E-state index in [1.165, 1.54) is 17.4 Å². The molecule has 0 aliphatic carbocycles. The number of rotatable bonds is 5. The van der Waals surface area contributed by atoms with Crippen LogP contribution in [-0.4, -0.2) is 24.7 Å². The van der Waals surface area contributed by atoms with Crippen LogP contribution in [0, 0.1) is 5.82 Å². The van der Waals surface area contributed by atoms with Gasteiger partial charge in [0.05, 0.1) is 6.42 Å². The molecule has 1 aromatic heterocycles. The van der Waals surface area contributed by atoms with Crippen molar-refractivity contribution in [3.63, 3.8) is 0 Å². The minimum atomic E-state index is -4.19. The second-order valence-corrected chi connectivity index (χ2v) is 6.06. The van der Waals surface area contributed by atoms with Crippen molar-refractivity contribution in [2.75, 3.05) is 13.6 Å². The predicted octanol–water partition coefficient (Wildman–Crippen LogP) is 3.88. The molecule has 0 saturated carbocycles. The van der Waals surface area contributed by atoms with Gasteiger partial charge in [-0.3, -0.25) is 0 Å². The van der Waals surface area contributed by atoms with E-state index in [0.717, 1.165) is 9.58 Å². The number of halogens is 4. The molecule has 0 fully saturated rings. The van der Waals surface area contributed by atoms with Crippen molar-refractivity contribution in [2.24, 2.45) is 5.73 Å². The zero-order chi connectivity index (χ0) is 15.6. The highest BCUT2D eigenvalue weighted by Crippen LogP contribution is 2.34. The van der Waals surface area contributed by atoms with E-state index in [-0.39, 0.29) is 25.5 Å². The number of hydrogen-bond acceptors (Lipinski definition) is 3. The molecule has 0 bridgehead atoms. The Bertz CT molecular complexity index is 621. The first-order chi connectivity index (χ1) is 9.81. The van der Waals surface area contributed by atoms with Crippen molar-refractivity contribution in [1.29, 1.82) is 0 Å². The van der Waals surface area contributed by atoms with Crippen LogP contribution in [0.3, 0.4) is 0 Å². The molecule has 0 aliphatic rings. The molecule has 2 N–H and O–H groups in total. The Balaban J connectivity index is 2.24. The summed E-state index contributed by atoms with van der Waals surface area (Å²) >= 11 is 1.39. The predicted molar refractivity (Wildman–Crippen MR) is 76.7 cm³/mol. The van der Waals surface area contributed by atoms with Gasteiger partial charge in [-0.15, -0.1) is 11.3 Å². The van der Waals surface area contributed by atoms with Crippen LogP contribution >= 0.6 is 11.3 Å². The van der Waals surface area contributed by atoms with E-state index in [4.69, 9.17) is 5.73 Å². The first kappa shape index (κ1) is 16.2. The smallest absolute Gasteiger partial charge is 0.326 e. The van der Waals surface area contributed by atoms with Gasteiger partial charge in [-0.2, -0.15) is 13.2 Å². The molecule has 1 aromatic carbocycles. The van der Waals surface area contributed by atoms with Crippen LogP contribution in [0.5, 0.6) is 0 Å². The van der Waals surface area contributed by atoms with E-state index < -0.39 is 12.6 Å². The van der Waals surface area contributed by atoms with Crippen molar-refractivity contribution >= 4 is 21.4 Å². The van der Waals surface area contributed by atoms with Crippen LogP contribution < -0.4 is 5.73 Å². The maximum absolute atomic E-state index is 14.0. The molecule has 0 atom stereocenters. The van der Waals surface area contributed by atoms with E-state index >= 15 is 0 Å². The molecule has 0 spiro atoms. The molecule has 0 amide bonds. The number of hydrogen-bond donors (Lipinski definition) is 1. The number of alkyl halides is 3. The number of nitrogens with zero attached hydrogens (tertiary/aromatic N) is 1. The Kier molecular flexibility index (Phi) is 4.85. The monoisotopic (exact) mass is 320 g/mol. The van der Waals surface area contributed by atoms with E-state index in [1.54, 1.807) is 24.1 Å². The molecular weight excluding hydrogens is 304 g/mol. The van der Waals surface area contributed by atoms with Crippen LogP contribution in [0.15, 0.2) is 18.2 Å². The van der Waals surface area contributed by atoms with E-state index in [9.17, 15) is 17.6 Å². The van der Waals surface area contributed by atoms with Gasteiger partial charge in [0.1, 0.15) is 5.82 Å². The van der Waals surface area contributed by atoms with Crippen LogP contribution in [0.4, 0.5) is 17.6 Å². The van der Waals surface area contributed by atoms with Crippen molar-refractivity contribution in [3.8, 4) is 0 Å². The average molecular weight is 320 g/mol. The van der Waals surface area contributed by atoms with Gasteiger partial charge in [0.25, 0.3) is 0 Å². The van der Waals surface area contributed by atoms with Gasteiger partial charge in [0.15, 0.2) is 0 Å². The third kappa shape index (κ3) is 3.93. The SMILES string of the molecule is CN(CCC(F)(F)F)Cc1c(CN)sc2cccc(F)c12. The molecule has 0 unspecified atom stereocenters. The van der Waals surface area contributed by atoms with Crippen LogP contribution in [0.1, 0.15) is 16.9 Å². The molecule has 0 radical (unpaired) electrons. The lowest BCUT2D eigenvalue weighted by Gasteiger charge is -2.18. The van der Waals surface area contributed by atoms with Gasteiger partial charge in [-0.1, -0.05) is 6.07 Å². The Labute approximate surface area is 124 Å². The fraction of sp³-hybridized carbons (Fsp3) is 0.429. The van der Waals surface area contributed by atoms with Gasteiger partial charge in [0.2, 0.25) is 0 Å². The second-order valence-electron chi connectivity index (χ2n) is 4.92. The zero-order valence-electron chi connectivity index (χ0n) is 11.5. The van der Waals surface area contributed by atoms with Crippen LogP contribution in [0.2, 0.25) is 0 Å². The molecule has 116 valence electrons. The third-order valence-corrected chi connectivity index (χ3v) is 4.46. The maximum atomic E-state index is 14.0. The Morgan fingerprint density at radius 2 is 2.00 bits per heavy atom. The largest absolute Gasteiger partial charge is 0.390 e. The molecule has 21 heavy (non-hydrogen) atoms. The summed E-state index contributed by atoms with van der Waals surface area (Å²) in [5.74, 6) is -0.359. The summed E-state index contributed by atoms with van der Waals surface area (Å²) in [7, 11) is 1.59. The maximum Gasteiger partial charge on any atom is 0.390 e. The summed E-state index contributed by atoms with van der Waals surface area (Å²) in [6, 6.07) is 4.77. The van der Waals surface area contributed by atoms with Gasteiger partial charge < -0.3 is 10.6 Å². The number of nitrogens with two attached hydrogens (primary N) is 1. The van der Waals surface area contributed by atoms with E-state index in [1.807, 2.05) is 0 Å². The van der Waals surface area contributed by atoms with Gasteiger partial charge in [0, 0.05) is 34.6 Å². The van der Waals surface area contributed by atoms with Crippen molar-refractivity contribution in [3.05, 3.63) is 34.5 Å². The summed E-state index contributed by atoms with van der Waals surface area (Å²) < 4.78 is 51.5. The van der Waals surface area contributed by atoms with Crippen molar-refractivity contribution < 1.29 is 17.6 Å². The zero-order valence-corrected chi connectivity index (χ0v) is 12.3. The summed E-state index contributed by atoms with van der Waals surface area (Å²) in [4.78, 5) is 2.36. The lowest BCUT2D eigenvalue weighted by molar-refractivity contribution is -0.137. The fourth-order valence-electron chi connectivity index (χ4n) is 2.21. The standard InChI is InChI=1S/C14H16F4N2S/c1-20(6-5-14(16,17)18)8-9-12(7-19)21-11-4-2-3-10(15)13(9)11/h2-4H,5-8,19H2,1H3. The number of fused-ring (bicyclic) bond motifs is 1. The summed E-state index contributed by atoms with van der Waals surface area (Å²) in [5, 5.41) is 0.474. The lowest BCUT2D eigenvalue weighted by atomic mass is 10.1. The molecule has 0 saturated heterocycles. The quantitative estimate of drug-likeness (QED) is 0.847. The molecule has 2 aromatic rings. The topological polar surface area (TPSA) is 29.3 Å². The van der Waals surface area contributed by atoms with Gasteiger partial charge in [-0.25, -0.2) is 4.39 Å². The minimum Gasteiger partial charge on any atom is -0.326 e. The highest BCUT2D eigenvalue weighted by atomic mass is 32.1. The average Bonchev–Trinajstić information content (AvgIpc) is 2.75. The fourth-order valence-corrected chi connectivity index (χ4v) is 3.32. The molecule has 7 heteroatoms. The highest BCUT2D eigenvalue weighted by Gasteiger charge is 2.27. The number of benzene rings is 1. The lowest BCUT2D eigenvalue weighted by Crippen LogP contribution is -2.24. The Morgan fingerprint density at radius 3 is 2.62 bits per heavy atom. The van der Waals surface area contributed by atoms with Crippen molar-refractivity contribution in [2.45, 2.75) is 25.7 Å².